The Bertz CT molecular complexity index is 468. The second-order valence-electron chi connectivity index (χ2n) is 3.33. The zero-order valence-corrected chi connectivity index (χ0v) is 9.15. The highest BCUT2D eigenvalue weighted by atomic mass is 35.5. The van der Waals surface area contributed by atoms with Gasteiger partial charge >= 0.3 is 0 Å². The van der Waals surface area contributed by atoms with E-state index in [1.165, 1.54) is 0 Å². The molecule has 0 spiro atoms. The van der Waals surface area contributed by atoms with E-state index in [9.17, 15) is 0 Å². The van der Waals surface area contributed by atoms with Crippen LogP contribution in [0, 0.1) is 0 Å². The number of nitrogens with one attached hydrogen (secondary N) is 1. The SMILES string of the molecule is N[C@H](c1ccc(Cl)cc1)c1n[nH]c(CO)n1. The van der Waals surface area contributed by atoms with Gasteiger partial charge in [0.1, 0.15) is 12.4 Å². The van der Waals surface area contributed by atoms with Gasteiger partial charge in [0.15, 0.2) is 5.82 Å². The lowest BCUT2D eigenvalue weighted by Gasteiger charge is -2.07. The van der Waals surface area contributed by atoms with E-state index in [0.717, 1.165) is 5.56 Å². The first-order valence-corrected chi connectivity index (χ1v) is 5.11. The molecule has 6 heteroatoms. The molecule has 2 rings (SSSR count). The van der Waals surface area contributed by atoms with Gasteiger partial charge in [-0.05, 0) is 17.7 Å². The Balaban J connectivity index is 2.24. The number of halogens is 1. The largest absolute Gasteiger partial charge is 0.388 e. The van der Waals surface area contributed by atoms with Gasteiger partial charge in [-0.3, -0.25) is 5.10 Å². The number of aromatic nitrogens is 3. The van der Waals surface area contributed by atoms with Gasteiger partial charge in [-0.2, -0.15) is 5.10 Å². The minimum Gasteiger partial charge on any atom is -0.388 e. The molecule has 0 bridgehead atoms. The van der Waals surface area contributed by atoms with Crippen LogP contribution < -0.4 is 5.73 Å². The fourth-order valence-electron chi connectivity index (χ4n) is 1.34. The monoisotopic (exact) mass is 238 g/mol. The van der Waals surface area contributed by atoms with Crippen molar-refractivity contribution in [3.05, 3.63) is 46.5 Å². The van der Waals surface area contributed by atoms with Crippen molar-refractivity contribution in [3.8, 4) is 0 Å². The van der Waals surface area contributed by atoms with Crippen LogP contribution in [0.4, 0.5) is 0 Å². The Morgan fingerprint density at radius 2 is 2.06 bits per heavy atom. The summed E-state index contributed by atoms with van der Waals surface area (Å²) in [6.45, 7) is -0.180. The Kier molecular flexibility index (Phi) is 3.19. The number of H-pyrrole nitrogens is 1. The van der Waals surface area contributed by atoms with E-state index >= 15 is 0 Å². The molecule has 5 nitrogen and oxygen atoms in total. The van der Waals surface area contributed by atoms with Crippen LogP contribution >= 0.6 is 11.6 Å². The van der Waals surface area contributed by atoms with Gasteiger partial charge in [0.25, 0.3) is 0 Å². The summed E-state index contributed by atoms with van der Waals surface area (Å²) in [5, 5.41) is 16.0. The van der Waals surface area contributed by atoms with Crippen molar-refractivity contribution in [2.45, 2.75) is 12.6 Å². The summed E-state index contributed by atoms with van der Waals surface area (Å²) in [6, 6.07) is 6.74. The number of aromatic amines is 1. The van der Waals surface area contributed by atoms with Crippen LogP contribution in [0.2, 0.25) is 5.02 Å². The van der Waals surface area contributed by atoms with E-state index in [2.05, 4.69) is 15.2 Å². The first-order chi connectivity index (χ1) is 7.70. The van der Waals surface area contributed by atoms with Gasteiger partial charge in [0, 0.05) is 5.02 Å². The molecular formula is C10H11ClN4O. The highest BCUT2D eigenvalue weighted by Crippen LogP contribution is 2.18. The number of hydrogen-bond donors (Lipinski definition) is 3. The summed E-state index contributed by atoms with van der Waals surface area (Å²) in [5.74, 6) is 0.853. The zero-order chi connectivity index (χ0) is 11.5. The fourth-order valence-corrected chi connectivity index (χ4v) is 1.47. The van der Waals surface area contributed by atoms with E-state index in [1.54, 1.807) is 12.1 Å². The van der Waals surface area contributed by atoms with E-state index in [1.807, 2.05) is 12.1 Å². The van der Waals surface area contributed by atoms with Crippen LogP contribution in [0.5, 0.6) is 0 Å². The molecule has 1 aromatic heterocycles. The number of benzene rings is 1. The third kappa shape index (κ3) is 2.21. The minimum absolute atomic E-state index is 0.180. The van der Waals surface area contributed by atoms with Gasteiger partial charge in [-0.15, -0.1) is 0 Å². The smallest absolute Gasteiger partial charge is 0.171 e. The molecular weight excluding hydrogens is 228 g/mol. The Labute approximate surface area is 97.3 Å². The third-order valence-electron chi connectivity index (χ3n) is 2.21. The molecule has 0 fully saturated rings. The summed E-state index contributed by atoms with van der Waals surface area (Å²) >= 11 is 5.78. The molecule has 0 saturated carbocycles. The van der Waals surface area contributed by atoms with E-state index in [-0.39, 0.29) is 6.61 Å². The van der Waals surface area contributed by atoms with Crippen LogP contribution in [0.3, 0.4) is 0 Å². The van der Waals surface area contributed by atoms with Gasteiger partial charge < -0.3 is 10.8 Å². The zero-order valence-electron chi connectivity index (χ0n) is 8.39. The molecule has 1 atom stereocenters. The van der Waals surface area contributed by atoms with Gasteiger partial charge in [-0.25, -0.2) is 4.98 Å². The van der Waals surface area contributed by atoms with Crippen molar-refractivity contribution in [1.29, 1.82) is 0 Å². The Morgan fingerprint density at radius 1 is 1.38 bits per heavy atom. The van der Waals surface area contributed by atoms with Crippen molar-refractivity contribution < 1.29 is 5.11 Å². The number of aliphatic hydroxyl groups is 1. The summed E-state index contributed by atoms with van der Waals surface area (Å²) in [5.41, 5.74) is 6.83. The molecule has 0 aliphatic carbocycles. The Morgan fingerprint density at radius 3 is 2.62 bits per heavy atom. The average molecular weight is 239 g/mol. The van der Waals surface area contributed by atoms with Crippen molar-refractivity contribution >= 4 is 11.6 Å². The number of hydrogen-bond acceptors (Lipinski definition) is 4. The fraction of sp³-hybridized carbons (Fsp3) is 0.200. The summed E-state index contributed by atoms with van der Waals surface area (Å²) in [4.78, 5) is 4.05. The van der Waals surface area contributed by atoms with Gasteiger partial charge in [0.2, 0.25) is 0 Å². The van der Waals surface area contributed by atoms with Crippen molar-refractivity contribution in [3.63, 3.8) is 0 Å². The quantitative estimate of drug-likeness (QED) is 0.744. The van der Waals surface area contributed by atoms with Crippen molar-refractivity contribution in [2.75, 3.05) is 0 Å². The number of aliphatic hydroxyl groups excluding tert-OH is 1. The Hall–Kier alpha value is -1.43. The summed E-state index contributed by atoms with van der Waals surface area (Å²) < 4.78 is 0. The molecule has 0 amide bonds. The maximum atomic E-state index is 8.85. The first kappa shape index (κ1) is 11.1. The molecule has 0 radical (unpaired) electrons. The van der Waals surface area contributed by atoms with E-state index in [0.29, 0.717) is 16.7 Å². The number of nitrogens with two attached hydrogens (primary N) is 1. The van der Waals surface area contributed by atoms with Crippen molar-refractivity contribution in [1.82, 2.24) is 15.2 Å². The molecule has 0 unspecified atom stereocenters. The predicted octanol–water partition coefficient (Wildman–Crippen LogP) is 0.999. The second-order valence-corrected chi connectivity index (χ2v) is 3.76. The summed E-state index contributed by atoms with van der Waals surface area (Å²) in [7, 11) is 0. The van der Waals surface area contributed by atoms with Gasteiger partial charge in [0.05, 0.1) is 6.04 Å². The maximum Gasteiger partial charge on any atom is 0.171 e. The molecule has 0 saturated heterocycles. The first-order valence-electron chi connectivity index (χ1n) is 4.74. The van der Waals surface area contributed by atoms with Gasteiger partial charge in [-0.1, -0.05) is 23.7 Å². The number of rotatable bonds is 3. The van der Waals surface area contributed by atoms with Crippen molar-refractivity contribution in [2.24, 2.45) is 5.73 Å². The predicted molar refractivity (Wildman–Crippen MR) is 59.8 cm³/mol. The topological polar surface area (TPSA) is 87.8 Å². The molecule has 1 aromatic carbocycles. The summed E-state index contributed by atoms with van der Waals surface area (Å²) in [6.07, 6.45) is 0. The lowest BCUT2D eigenvalue weighted by Crippen LogP contribution is -2.13. The molecule has 84 valence electrons. The maximum absolute atomic E-state index is 8.85. The lowest BCUT2D eigenvalue weighted by molar-refractivity contribution is 0.271. The molecule has 0 aliphatic rings. The normalized spacial score (nSPS) is 12.7. The molecule has 2 aromatic rings. The molecule has 4 N–H and O–H groups in total. The van der Waals surface area contributed by atoms with Crippen LogP contribution in [-0.4, -0.2) is 20.3 Å². The third-order valence-corrected chi connectivity index (χ3v) is 2.46. The molecule has 1 heterocycles. The standard InChI is InChI=1S/C10H11ClN4O/c11-7-3-1-6(2-4-7)9(12)10-13-8(5-16)14-15-10/h1-4,9,16H,5,12H2,(H,13,14,15)/t9-/m1/s1. The molecule has 16 heavy (non-hydrogen) atoms. The molecule has 0 aliphatic heterocycles. The van der Waals surface area contributed by atoms with Crippen LogP contribution in [0.25, 0.3) is 0 Å². The number of nitrogens with zero attached hydrogens (tertiary/aromatic N) is 2. The van der Waals surface area contributed by atoms with E-state index in [4.69, 9.17) is 22.4 Å². The lowest BCUT2D eigenvalue weighted by atomic mass is 10.1. The highest BCUT2D eigenvalue weighted by molar-refractivity contribution is 6.30. The van der Waals surface area contributed by atoms with Crippen LogP contribution in [0.1, 0.15) is 23.3 Å². The average Bonchev–Trinajstić information content (AvgIpc) is 2.77. The van der Waals surface area contributed by atoms with Crippen LogP contribution in [0.15, 0.2) is 24.3 Å². The van der Waals surface area contributed by atoms with E-state index < -0.39 is 6.04 Å². The van der Waals surface area contributed by atoms with Crippen LogP contribution in [-0.2, 0) is 6.61 Å². The highest BCUT2D eigenvalue weighted by Gasteiger charge is 2.13. The second kappa shape index (κ2) is 4.61. The minimum atomic E-state index is -0.422.